The lowest BCUT2D eigenvalue weighted by molar-refractivity contribution is -0.122. The van der Waals surface area contributed by atoms with Crippen LogP contribution in [-0.4, -0.2) is 25.0 Å². The van der Waals surface area contributed by atoms with Gasteiger partial charge < -0.3 is 4.74 Å². The van der Waals surface area contributed by atoms with E-state index in [1.54, 1.807) is 31.4 Å². The zero-order chi connectivity index (χ0) is 25.1. The number of methoxy groups -OCH3 is 1. The molecule has 35 heavy (non-hydrogen) atoms. The van der Waals surface area contributed by atoms with Crippen LogP contribution in [0.5, 0.6) is 5.75 Å². The van der Waals surface area contributed by atoms with Gasteiger partial charge in [-0.25, -0.2) is 9.69 Å². The average molecular weight is 554 g/mol. The van der Waals surface area contributed by atoms with Crippen molar-refractivity contribution < 1.29 is 19.1 Å². The molecular weight excluding hydrogens is 532 g/mol. The van der Waals surface area contributed by atoms with E-state index in [0.29, 0.717) is 34.9 Å². The maximum absolute atomic E-state index is 13.3. The van der Waals surface area contributed by atoms with Gasteiger partial charge in [-0.1, -0.05) is 70.9 Å². The van der Waals surface area contributed by atoms with Gasteiger partial charge in [0, 0.05) is 21.5 Å². The Morgan fingerprint density at radius 2 is 1.71 bits per heavy atom. The first-order valence-electron chi connectivity index (χ1n) is 10.9. The van der Waals surface area contributed by atoms with Gasteiger partial charge in [0.25, 0.3) is 11.8 Å². The van der Waals surface area contributed by atoms with Gasteiger partial charge in [-0.3, -0.25) is 14.9 Å². The molecule has 3 aromatic rings. The molecule has 8 heteroatoms. The van der Waals surface area contributed by atoms with E-state index in [-0.39, 0.29) is 5.57 Å². The van der Waals surface area contributed by atoms with Crippen molar-refractivity contribution in [2.75, 3.05) is 12.0 Å². The fourth-order valence-corrected chi connectivity index (χ4v) is 4.77. The van der Waals surface area contributed by atoms with Gasteiger partial charge in [0.1, 0.15) is 11.3 Å². The summed E-state index contributed by atoms with van der Waals surface area (Å²) >= 11 is 9.92. The van der Waals surface area contributed by atoms with Crippen LogP contribution >= 0.6 is 27.5 Å². The van der Waals surface area contributed by atoms with Crippen molar-refractivity contribution in [1.29, 1.82) is 0 Å². The Kier molecular flexibility index (Phi) is 7.38. The van der Waals surface area contributed by atoms with E-state index in [4.69, 9.17) is 16.3 Å². The highest BCUT2D eigenvalue weighted by molar-refractivity contribution is 9.10. The lowest BCUT2D eigenvalue weighted by atomic mass is 10.00. The number of barbiturate groups is 1. The first-order valence-corrected chi connectivity index (χ1v) is 12.1. The van der Waals surface area contributed by atoms with E-state index in [1.165, 1.54) is 6.08 Å². The van der Waals surface area contributed by atoms with E-state index in [1.807, 2.05) is 43.3 Å². The molecule has 1 saturated heterocycles. The number of nitrogens with zero attached hydrogens (tertiary/aromatic N) is 1. The molecule has 0 atom stereocenters. The number of amides is 4. The predicted molar refractivity (Wildman–Crippen MR) is 140 cm³/mol. The Hall–Kier alpha value is -3.42. The van der Waals surface area contributed by atoms with Gasteiger partial charge in [-0.15, -0.1) is 0 Å². The molecule has 0 radical (unpaired) electrons. The monoisotopic (exact) mass is 552 g/mol. The van der Waals surface area contributed by atoms with Gasteiger partial charge >= 0.3 is 6.03 Å². The number of hydrogen-bond donors (Lipinski definition) is 1. The molecule has 6 nitrogen and oxygen atoms in total. The van der Waals surface area contributed by atoms with Crippen molar-refractivity contribution in [3.05, 3.63) is 98.0 Å². The highest BCUT2D eigenvalue weighted by Crippen LogP contribution is 2.34. The van der Waals surface area contributed by atoms with Crippen LogP contribution < -0.4 is 15.0 Å². The molecule has 4 rings (SSSR count). The van der Waals surface area contributed by atoms with Crippen LogP contribution in [0.15, 0.2) is 70.7 Å². The van der Waals surface area contributed by atoms with Gasteiger partial charge in [0.2, 0.25) is 0 Å². The van der Waals surface area contributed by atoms with E-state index in [0.717, 1.165) is 26.1 Å². The summed E-state index contributed by atoms with van der Waals surface area (Å²) in [6.07, 6.45) is 2.60. The Morgan fingerprint density at radius 1 is 1.03 bits per heavy atom. The first kappa shape index (κ1) is 24.7. The van der Waals surface area contributed by atoms with E-state index < -0.39 is 17.8 Å². The van der Waals surface area contributed by atoms with Crippen LogP contribution in [0.2, 0.25) is 5.02 Å². The Morgan fingerprint density at radius 3 is 2.40 bits per heavy atom. The second-order valence-corrected chi connectivity index (χ2v) is 9.15. The minimum Gasteiger partial charge on any atom is -0.496 e. The van der Waals surface area contributed by atoms with E-state index in [2.05, 4.69) is 21.2 Å². The summed E-state index contributed by atoms with van der Waals surface area (Å²) in [6.45, 7) is 1.93. The number of nitrogens with one attached hydrogen (secondary N) is 1. The number of halogens is 2. The van der Waals surface area contributed by atoms with Crippen LogP contribution in [0, 0.1) is 0 Å². The molecule has 1 aliphatic heterocycles. The number of aryl methyl sites for hydroxylation is 1. The second kappa shape index (κ2) is 10.5. The number of hydrogen-bond acceptors (Lipinski definition) is 4. The number of benzene rings is 3. The highest BCUT2D eigenvalue weighted by Gasteiger charge is 2.37. The molecule has 1 N–H and O–H groups in total. The predicted octanol–water partition coefficient (Wildman–Crippen LogP) is 5.93. The summed E-state index contributed by atoms with van der Waals surface area (Å²) in [5, 5.41) is 2.92. The zero-order valence-electron chi connectivity index (χ0n) is 19.1. The van der Waals surface area contributed by atoms with Gasteiger partial charge in [0.15, 0.2) is 0 Å². The molecule has 0 unspecified atom stereocenters. The number of carbonyl (C=O) groups is 3. The average Bonchev–Trinajstić information content (AvgIpc) is 2.84. The molecule has 0 bridgehead atoms. The smallest absolute Gasteiger partial charge is 0.335 e. The summed E-state index contributed by atoms with van der Waals surface area (Å²) in [4.78, 5) is 39.5. The number of ether oxygens (including phenoxy) is 1. The Labute approximate surface area is 216 Å². The molecule has 1 aliphatic rings. The molecule has 1 heterocycles. The number of rotatable bonds is 6. The third-order valence-corrected chi connectivity index (χ3v) is 6.82. The van der Waals surface area contributed by atoms with Crippen molar-refractivity contribution in [3.8, 4) is 5.75 Å². The molecule has 3 aromatic carbocycles. The van der Waals surface area contributed by atoms with E-state index >= 15 is 0 Å². The lowest BCUT2D eigenvalue weighted by Gasteiger charge is -2.28. The maximum Gasteiger partial charge on any atom is 0.335 e. The summed E-state index contributed by atoms with van der Waals surface area (Å²) in [5.41, 5.74) is 3.49. The normalized spacial score (nSPS) is 14.9. The fourth-order valence-electron chi connectivity index (χ4n) is 3.97. The summed E-state index contributed by atoms with van der Waals surface area (Å²) in [5.74, 6) is -0.866. The Balaban J connectivity index is 1.73. The largest absolute Gasteiger partial charge is 0.496 e. The molecule has 0 aliphatic carbocycles. The molecular formula is C27H22BrClN2O4. The number of anilines is 1. The summed E-state index contributed by atoms with van der Waals surface area (Å²) in [7, 11) is 1.55. The number of urea groups is 1. The zero-order valence-corrected chi connectivity index (χ0v) is 21.4. The van der Waals surface area contributed by atoms with Crippen LogP contribution in [0.25, 0.3) is 6.08 Å². The van der Waals surface area contributed by atoms with Crippen molar-refractivity contribution in [3.63, 3.8) is 0 Å². The SMILES string of the molecule is CCc1ccccc1N1C(=O)NC(=O)/C(=C/c2cc(Br)c(Cc3ccccc3Cl)c(OC)c2)C1=O. The minimum atomic E-state index is -0.771. The second-order valence-electron chi connectivity index (χ2n) is 7.89. The molecule has 0 aromatic heterocycles. The van der Waals surface area contributed by atoms with Gasteiger partial charge in [-0.2, -0.15) is 0 Å². The van der Waals surface area contributed by atoms with Gasteiger partial charge in [0.05, 0.1) is 12.8 Å². The summed E-state index contributed by atoms with van der Waals surface area (Å²) in [6, 6.07) is 17.4. The maximum atomic E-state index is 13.3. The molecule has 0 spiro atoms. The summed E-state index contributed by atoms with van der Waals surface area (Å²) < 4.78 is 6.34. The van der Waals surface area contributed by atoms with E-state index in [9.17, 15) is 14.4 Å². The van der Waals surface area contributed by atoms with Crippen molar-refractivity contribution in [2.45, 2.75) is 19.8 Å². The third kappa shape index (κ3) is 5.01. The number of carbonyl (C=O) groups excluding carboxylic acids is 3. The Bertz CT molecular complexity index is 1370. The quantitative estimate of drug-likeness (QED) is 0.303. The molecule has 4 amide bonds. The molecule has 178 valence electrons. The van der Waals surface area contributed by atoms with Gasteiger partial charge in [-0.05, 0) is 53.5 Å². The molecule has 0 saturated carbocycles. The van der Waals surface area contributed by atoms with Crippen LogP contribution in [0.4, 0.5) is 10.5 Å². The minimum absolute atomic E-state index is 0.150. The fraction of sp³-hybridized carbons (Fsp3) is 0.148. The topological polar surface area (TPSA) is 75.7 Å². The number of imide groups is 2. The van der Waals surface area contributed by atoms with Crippen molar-refractivity contribution in [2.24, 2.45) is 0 Å². The van der Waals surface area contributed by atoms with Crippen molar-refractivity contribution >= 4 is 57.1 Å². The third-order valence-electron chi connectivity index (χ3n) is 5.75. The van der Waals surface area contributed by atoms with Crippen LogP contribution in [-0.2, 0) is 22.4 Å². The lowest BCUT2D eigenvalue weighted by Crippen LogP contribution is -2.54. The van der Waals surface area contributed by atoms with Crippen molar-refractivity contribution in [1.82, 2.24) is 5.32 Å². The highest BCUT2D eigenvalue weighted by atomic mass is 79.9. The van der Waals surface area contributed by atoms with Crippen LogP contribution in [0.3, 0.4) is 0 Å². The molecule has 1 fully saturated rings. The standard InChI is InChI=1S/C27H22BrClN2O4/c1-3-17-8-5-7-11-23(17)31-26(33)20(25(32)30-27(31)34)12-16-13-21(28)19(24(14-16)35-2)15-18-9-4-6-10-22(18)29/h4-14H,3,15H2,1-2H3,(H,30,32,34)/b20-12-. The van der Waals surface area contributed by atoms with Crippen LogP contribution in [0.1, 0.15) is 29.2 Å². The first-order chi connectivity index (χ1) is 16.8. The number of para-hydroxylation sites is 1.